The minimum atomic E-state index is 0.316. The van der Waals surface area contributed by atoms with Crippen LogP contribution >= 0.6 is 0 Å². The van der Waals surface area contributed by atoms with Gasteiger partial charge >= 0.3 is 0 Å². The molecular weight excluding hydrogens is 308 g/mol. The van der Waals surface area contributed by atoms with E-state index in [0.717, 1.165) is 18.9 Å². The molecule has 2 fully saturated rings. The maximum absolute atomic E-state index is 6.14. The maximum atomic E-state index is 6.14. The highest BCUT2D eigenvalue weighted by molar-refractivity contribution is 5.26. The Labute approximate surface area is 153 Å². The highest BCUT2D eigenvalue weighted by atomic mass is 16.5. The SMILES string of the molecule is CCCc1ccc(C2CCC(/C=C/C3CCC(OC)CC3)OC2)cc1. The first-order valence-electron chi connectivity index (χ1n) is 10.2. The Balaban J connectivity index is 1.43. The van der Waals surface area contributed by atoms with Crippen molar-refractivity contribution in [2.75, 3.05) is 13.7 Å². The van der Waals surface area contributed by atoms with Crippen LogP contribution in [0.5, 0.6) is 0 Å². The summed E-state index contributed by atoms with van der Waals surface area (Å²) in [6, 6.07) is 9.20. The van der Waals surface area contributed by atoms with Gasteiger partial charge in [-0.25, -0.2) is 0 Å². The van der Waals surface area contributed by atoms with Crippen LogP contribution in [-0.2, 0) is 15.9 Å². The Hall–Kier alpha value is -1.12. The van der Waals surface area contributed by atoms with E-state index in [1.54, 1.807) is 0 Å². The first-order valence-corrected chi connectivity index (χ1v) is 10.2. The molecular formula is C23H34O2. The van der Waals surface area contributed by atoms with Crippen LogP contribution in [0.15, 0.2) is 36.4 Å². The van der Waals surface area contributed by atoms with Crippen LogP contribution < -0.4 is 0 Å². The Kier molecular flexibility index (Phi) is 7.12. The van der Waals surface area contributed by atoms with Gasteiger partial charge in [0.25, 0.3) is 0 Å². The molecule has 2 atom stereocenters. The van der Waals surface area contributed by atoms with Gasteiger partial charge in [0.2, 0.25) is 0 Å². The zero-order chi connectivity index (χ0) is 17.5. The van der Waals surface area contributed by atoms with Crippen LogP contribution in [0.2, 0.25) is 0 Å². The van der Waals surface area contributed by atoms with Gasteiger partial charge in [0.15, 0.2) is 0 Å². The number of allylic oxidation sites excluding steroid dienone is 1. The predicted molar refractivity (Wildman–Crippen MR) is 104 cm³/mol. The lowest BCUT2D eigenvalue weighted by Crippen LogP contribution is -2.24. The summed E-state index contributed by atoms with van der Waals surface area (Å²) in [4.78, 5) is 0. The summed E-state index contributed by atoms with van der Waals surface area (Å²) in [7, 11) is 1.84. The molecule has 0 N–H and O–H groups in total. The van der Waals surface area contributed by atoms with Gasteiger partial charge in [-0.15, -0.1) is 0 Å². The molecule has 25 heavy (non-hydrogen) atoms. The lowest BCUT2D eigenvalue weighted by molar-refractivity contribution is 0.0319. The van der Waals surface area contributed by atoms with E-state index < -0.39 is 0 Å². The fraction of sp³-hybridized carbons (Fsp3) is 0.652. The third-order valence-electron chi connectivity index (χ3n) is 5.95. The van der Waals surface area contributed by atoms with E-state index in [9.17, 15) is 0 Å². The van der Waals surface area contributed by atoms with E-state index in [-0.39, 0.29) is 0 Å². The molecule has 138 valence electrons. The summed E-state index contributed by atoms with van der Waals surface area (Å²) in [5.74, 6) is 1.29. The van der Waals surface area contributed by atoms with Crippen molar-refractivity contribution in [1.82, 2.24) is 0 Å². The second-order valence-electron chi connectivity index (χ2n) is 7.80. The van der Waals surface area contributed by atoms with E-state index in [1.807, 2.05) is 7.11 Å². The van der Waals surface area contributed by atoms with Crippen molar-refractivity contribution in [1.29, 1.82) is 0 Å². The second-order valence-corrected chi connectivity index (χ2v) is 7.80. The molecule has 0 aromatic heterocycles. The monoisotopic (exact) mass is 342 g/mol. The summed E-state index contributed by atoms with van der Waals surface area (Å²) in [5.41, 5.74) is 2.90. The zero-order valence-corrected chi connectivity index (χ0v) is 16.0. The fourth-order valence-electron chi connectivity index (χ4n) is 4.23. The average Bonchev–Trinajstić information content (AvgIpc) is 2.68. The van der Waals surface area contributed by atoms with E-state index in [4.69, 9.17) is 9.47 Å². The summed E-state index contributed by atoms with van der Waals surface area (Å²) in [5, 5.41) is 0. The molecule has 0 amide bonds. The summed E-state index contributed by atoms with van der Waals surface area (Å²) in [6.45, 7) is 3.10. The van der Waals surface area contributed by atoms with E-state index in [2.05, 4.69) is 43.3 Å². The molecule has 1 aromatic rings. The van der Waals surface area contributed by atoms with E-state index >= 15 is 0 Å². The summed E-state index contributed by atoms with van der Waals surface area (Å²) in [6.07, 6.45) is 15.2. The van der Waals surface area contributed by atoms with Crippen molar-refractivity contribution < 1.29 is 9.47 Å². The molecule has 2 nitrogen and oxygen atoms in total. The number of ether oxygens (including phenoxy) is 2. The van der Waals surface area contributed by atoms with Crippen LogP contribution in [0.25, 0.3) is 0 Å². The van der Waals surface area contributed by atoms with Gasteiger partial charge < -0.3 is 9.47 Å². The Bertz CT molecular complexity index is 518. The molecule has 0 radical (unpaired) electrons. The van der Waals surface area contributed by atoms with Crippen molar-refractivity contribution in [2.24, 2.45) is 5.92 Å². The lowest BCUT2D eigenvalue weighted by Gasteiger charge is -2.29. The molecule has 1 aliphatic carbocycles. The van der Waals surface area contributed by atoms with E-state index in [1.165, 1.54) is 56.1 Å². The van der Waals surface area contributed by atoms with Crippen LogP contribution in [-0.4, -0.2) is 25.9 Å². The molecule has 0 bridgehead atoms. The third-order valence-corrected chi connectivity index (χ3v) is 5.95. The van der Waals surface area contributed by atoms with Gasteiger partial charge in [0.05, 0.1) is 18.8 Å². The predicted octanol–water partition coefficient (Wildman–Crippen LogP) is 5.66. The highest BCUT2D eigenvalue weighted by Gasteiger charge is 2.23. The topological polar surface area (TPSA) is 18.5 Å². The minimum Gasteiger partial charge on any atom is -0.381 e. The number of aryl methyl sites for hydroxylation is 1. The molecule has 1 aliphatic heterocycles. The standard InChI is InChI=1S/C23H34O2/c1-3-4-18-5-10-20(11-6-18)21-12-16-23(25-17-21)15-9-19-7-13-22(24-2)14-8-19/h5-6,9-11,15,19,21-23H,3-4,7-8,12-14,16-17H2,1-2H3/b15-9+. The second kappa shape index (κ2) is 9.54. The maximum Gasteiger partial charge on any atom is 0.0756 e. The first kappa shape index (κ1) is 18.7. The normalized spacial score (nSPS) is 30.6. The molecule has 2 heteroatoms. The molecule has 1 aromatic carbocycles. The number of hydrogen-bond donors (Lipinski definition) is 0. The fourth-order valence-corrected chi connectivity index (χ4v) is 4.23. The van der Waals surface area contributed by atoms with Crippen LogP contribution in [0.4, 0.5) is 0 Å². The number of hydrogen-bond acceptors (Lipinski definition) is 2. The van der Waals surface area contributed by atoms with Gasteiger partial charge in [-0.05, 0) is 62.0 Å². The van der Waals surface area contributed by atoms with Crippen molar-refractivity contribution in [3.63, 3.8) is 0 Å². The number of methoxy groups -OCH3 is 1. The number of benzene rings is 1. The third kappa shape index (κ3) is 5.43. The molecule has 1 heterocycles. The molecule has 1 saturated carbocycles. The molecule has 0 spiro atoms. The summed E-state index contributed by atoms with van der Waals surface area (Å²) < 4.78 is 11.6. The Morgan fingerprint density at radius 2 is 1.76 bits per heavy atom. The molecule has 3 rings (SSSR count). The van der Waals surface area contributed by atoms with Crippen molar-refractivity contribution in [3.05, 3.63) is 47.5 Å². The van der Waals surface area contributed by atoms with Crippen LogP contribution in [0.3, 0.4) is 0 Å². The average molecular weight is 343 g/mol. The van der Waals surface area contributed by atoms with Gasteiger partial charge in [0.1, 0.15) is 0 Å². The zero-order valence-electron chi connectivity index (χ0n) is 16.0. The van der Waals surface area contributed by atoms with Crippen molar-refractivity contribution in [3.8, 4) is 0 Å². The smallest absolute Gasteiger partial charge is 0.0756 e. The van der Waals surface area contributed by atoms with E-state index in [0.29, 0.717) is 18.1 Å². The minimum absolute atomic E-state index is 0.316. The Morgan fingerprint density at radius 3 is 2.36 bits per heavy atom. The van der Waals surface area contributed by atoms with Crippen molar-refractivity contribution >= 4 is 0 Å². The van der Waals surface area contributed by atoms with Gasteiger partial charge in [-0.2, -0.15) is 0 Å². The first-order chi connectivity index (χ1) is 12.3. The Morgan fingerprint density at radius 1 is 1.00 bits per heavy atom. The highest BCUT2D eigenvalue weighted by Crippen LogP contribution is 2.31. The lowest BCUT2D eigenvalue weighted by atomic mass is 9.86. The molecule has 1 saturated heterocycles. The number of rotatable bonds is 6. The molecule has 2 unspecified atom stereocenters. The van der Waals surface area contributed by atoms with Gasteiger partial charge in [-0.1, -0.05) is 49.8 Å². The molecule has 2 aliphatic rings. The van der Waals surface area contributed by atoms with Gasteiger partial charge in [0, 0.05) is 13.0 Å². The van der Waals surface area contributed by atoms with Crippen LogP contribution in [0, 0.1) is 5.92 Å². The largest absolute Gasteiger partial charge is 0.381 e. The summed E-state index contributed by atoms with van der Waals surface area (Å²) >= 11 is 0. The van der Waals surface area contributed by atoms with Crippen molar-refractivity contribution in [2.45, 2.75) is 76.4 Å². The van der Waals surface area contributed by atoms with Crippen LogP contribution in [0.1, 0.15) is 68.9 Å². The van der Waals surface area contributed by atoms with Gasteiger partial charge in [-0.3, -0.25) is 0 Å². The quantitative estimate of drug-likeness (QED) is 0.621.